The van der Waals surface area contributed by atoms with Crippen LogP contribution in [-0.2, 0) is 4.79 Å². The summed E-state index contributed by atoms with van der Waals surface area (Å²) in [5.74, 6) is -0.351. The van der Waals surface area contributed by atoms with E-state index in [1.54, 1.807) is 24.3 Å². The zero-order chi connectivity index (χ0) is 12.1. The smallest absolute Gasteiger partial charge is 0.258 e. The molecule has 0 bridgehead atoms. The summed E-state index contributed by atoms with van der Waals surface area (Å²) < 4.78 is 0.861. The van der Waals surface area contributed by atoms with Crippen molar-refractivity contribution >= 4 is 27.5 Å². The second-order valence-corrected chi connectivity index (χ2v) is 3.93. The van der Waals surface area contributed by atoms with Gasteiger partial charge in [0, 0.05) is 17.0 Å². The molecule has 0 aromatic heterocycles. The van der Waals surface area contributed by atoms with Crippen molar-refractivity contribution in [1.82, 2.24) is 5.32 Å². The number of rotatable bonds is 3. The van der Waals surface area contributed by atoms with E-state index in [1.165, 1.54) is 6.92 Å². The highest BCUT2D eigenvalue weighted by Gasteiger charge is 2.07. The van der Waals surface area contributed by atoms with Gasteiger partial charge in [-0.2, -0.15) is 0 Å². The van der Waals surface area contributed by atoms with Crippen LogP contribution in [0.15, 0.2) is 34.9 Å². The van der Waals surface area contributed by atoms with Gasteiger partial charge < -0.3 is 5.32 Å². The van der Waals surface area contributed by atoms with Crippen molar-refractivity contribution in [3.8, 4) is 0 Å². The van der Waals surface area contributed by atoms with E-state index in [4.69, 9.17) is 0 Å². The van der Waals surface area contributed by atoms with E-state index in [0.717, 1.165) is 10.7 Å². The normalized spacial score (nSPS) is 11.0. The average molecular weight is 285 g/mol. The topological polar surface area (TPSA) is 72.2 Å². The third-order valence-corrected chi connectivity index (χ3v) is 2.23. The van der Waals surface area contributed by atoms with Crippen LogP contribution in [0.5, 0.6) is 0 Å². The first kappa shape index (κ1) is 12.4. The molecular weight excluding hydrogens is 276 g/mol. The lowest BCUT2D eigenvalue weighted by molar-refractivity contribution is -0.401. The van der Waals surface area contributed by atoms with Crippen LogP contribution in [0.3, 0.4) is 0 Å². The Morgan fingerprint density at radius 3 is 2.44 bits per heavy atom. The van der Waals surface area contributed by atoms with Crippen molar-refractivity contribution < 1.29 is 9.72 Å². The highest BCUT2D eigenvalue weighted by molar-refractivity contribution is 9.10. The molecule has 0 aliphatic rings. The number of hydrogen-bond donors (Lipinski definition) is 1. The SMILES string of the molecule is CC(=O)N/C(=C\[N+](=O)[O-])c1ccc(Br)cc1. The van der Waals surface area contributed by atoms with Gasteiger partial charge in [0.2, 0.25) is 5.91 Å². The van der Waals surface area contributed by atoms with Crippen LogP contribution in [0.1, 0.15) is 12.5 Å². The number of benzene rings is 1. The molecule has 6 heteroatoms. The molecule has 0 atom stereocenters. The zero-order valence-corrected chi connectivity index (χ0v) is 10.0. The maximum absolute atomic E-state index is 10.9. The molecule has 0 unspecified atom stereocenters. The molecule has 0 radical (unpaired) electrons. The number of nitrogens with one attached hydrogen (secondary N) is 1. The van der Waals surface area contributed by atoms with E-state index in [2.05, 4.69) is 21.2 Å². The number of nitro groups is 1. The molecule has 0 aliphatic heterocycles. The maximum atomic E-state index is 10.9. The van der Waals surface area contributed by atoms with Crippen molar-refractivity contribution in [3.63, 3.8) is 0 Å². The van der Waals surface area contributed by atoms with Crippen LogP contribution in [0.2, 0.25) is 0 Å². The third kappa shape index (κ3) is 3.82. The number of hydrogen-bond acceptors (Lipinski definition) is 3. The summed E-state index contributed by atoms with van der Waals surface area (Å²) >= 11 is 3.26. The highest BCUT2D eigenvalue weighted by Crippen LogP contribution is 2.16. The Kier molecular flexibility index (Phi) is 4.19. The fourth-order valence-corrected chi connectivity index (χ4v) is 1.37. The molecule has 1 amide bonds. The van der Waals surface area contributed by atoms with Gasteiger partial charge in [-0.3, -0.25) is 14.9 Å². The summed E-state index contributed by atoms with van der Waals surface area (Å²) in [5.41, 5.74) is 0.750. The van der Waals surface area contributed by atoms with Crippen LogP contribution in [0, 0.1) is 10.1 Å². The summed E-state index contributed by atoms with van der Waals surface area (Å²) in [5, 5.41) is 12.8. The summed E-state index contributed by atoms with van der Waals surface area (Å²) in [6, 6.07) is 6.83. The molecule has 0 spiro atoms. The van der Waals surface area contributed by atoms with E-state index in [9.17, 15) is 14.9 Å². The lowest BCUT2D eigenvalue weighted by Crippen LogP contribution is -2.18. The summed E-state index contributed by atoms with van der Waals surface area (Å²) in [6.45, 7) is 1.30. The van der Waals surface area contributed by atoms with Gasteiger partial charge >= 0.3 is 0 Å². The van der Waals surface area contributed by atoms with Crippen LogP contribution in [0.4, 0.5) is 0 Å². The van der Waals surface area contributed by atoms with Crippen LogP contribution >= 0.6 is 15.9 Å². The van der Waals surface area contributed by atoms with E-state index >= 15 is 0 Å². The van der Waals surface area contributed by atoms with Gasteiger partial charge in [0.1, 0.15) is 5.70 Å². The minimum Gasteiger partial charge on any atom is -0.321 e. The zero-order valence-electron chi connectivity index (χ0n) is 8.44. The fourth-order valence-electron chi connectivity index (χ4n) is 1.10. The first-order chi connectivity index (χ1) is 7.49. The molecule has 84 valence electrons. The molecule has 0 saturated carbocycles. The van der Waals surface area contributed by atoms with E-state index in [-0.39, 0.29) is 11.6 Å². The highest BCUT2D eigenvalue weighted by atomic mass is 79.9. The molecular formula is C10H9BrN2O3. The van der Waals surface area contributed by atoms with Crippen molar-refractivity contribution in [3.05, 3.63) is 50.6 Å². The van der Waals surface area contributed by atoms with E-state index in [1.807, 2.05) is 0 Å². The molecule has 5 nitrogen and oxygen atoms in total. The molecule has 0 fully saturated rings. The van der Waals surface area contributed by atoms with Gasteiger partial charge in [-0.1, -0.05) is 28.1 Å². The molecule has 1 aromatic carbocycles. The minimum absolute atomic E-state index is 0.171. The molecule has 16 heavy (non-hydrogen) atoms. The Morgan fingerprint density at radius 2 is 2.00 bits per heavy atom. The van der Waals surface area contributed by atoms with Gasteiger partial charge in [-0.25, -0.2) is 0 Å². The largest absolute Gasteiger partial charge is 0.321 e. The molecule has 1 N–H and O–H groups in total. The number of halogens is 1. The lowest BCUT2D eigenvalue weighted by Gasteiger charge is -2.05. The molecule has 0 aliphatic carbocycles. The molecule has 0 saturated heterocycles. The van der Waals surface area contributed by atoms with Gasteiger partial charge in [0.15, 0.2) is 0 Å². The quantitative estimate of drug-likeness (QED) is 0.683. The Balaban J connectivity index is 3.06. The Hall–Kier alpha value is -1.69. The van der Waals surface area contributed by atoms with Crippen molar-refractivity contribution in [1.29, 1.82) is 0 Å². The third-order valence-electron chi connectivity index (χ3n) is 1.70. The van der Waals surface area contributed by atoms with Gasteiger partial charge in [0.25, 0.3) is 6.20 Å². The van der Waals surface area contributed by atoms with Gasteiger partial charge in [-0.05, 0) is 12.1 Å². The van der Waals surface area contributed by atoms with Gasteiger partial charge in [-0.15, -0.1) is 0 Å². The second kappa shape index (κ2) is 5.41. The van der Waals surface area contributed by atoms with Crippen molar-refractivity contribution in [2.24, 2.45) is 0 Å². The maximum Gasteiger partial charge on any atom is 0.258 e. The first-order valence-corrected chi connectivity index (χ1v) is 5.17. The lowest BCUT2D eigenvalue weighted by atomic mass is 10.1. The van der Waals surface area contributed by atoms with Crippen molar-refractivity contribution in [2.75, 3.05) is 0 Å². The van der Waals surface area contributed by atoms with Crippen LogP contribution in [0.25, 0.3) is 5.70 Å². The molecule has 1 rings (SSSR count). The predicted molar refractivity (Wildman–Crippen MR) is 62.9 cm³/mol. The van der Waals surface area contributed by atoms with E-state index in [0.29, 0.717) is 5.56 Å². The van der Waals surface area contributed by atoms with Crippen LogP contribution < -0.4 is 5.32 Å². The second-order valence-electron chi connectivity index (χ2n) is 3.02. The average Bonchev–Trinajstić information content (AvgIpc) is 2.16. The minimum atomic E-state index is -0.604. The monoisotopic (exact) mass is 284 g/mol. The summed E-state index contributed by atoms with van der Waals surface area (Å²) in [7, 11) is 0. The molecule has 0 heterocycles. The standard InChI is InChI=1S/C10H9BrN2O3/c1-7(14)12-10(6-13(15)16)8-2-4-9(11)5-3-8/h2-6H,1H3,(H,12,14)/b10-6-. The Labute approximate surface area is 100 Å². The Bertz CT molecular complexity index is 440. The first-order valence-electron chi connectivity index (χ1n) is 4.38. The number of carbonyl (C=O) groups excluding carboxylic acids is 1. The van der Waals surface area contributed by atoms with Crippen molar-refractivity contribution in [2.45, 2.75) is 6.92 Å². The number of amides is 1. The van der Waals surface area contributed by atoms with E-state index < -0.39 is 4.92 Å². The molecule has 1 aromatic rings. The fraction of sp³-hybridized carbons (Fsp3) is 0.100. The predicted octanol–water partition coefficient (Wildman–Crippen LogP) is 2.16. The summed E-state index contributed by atoms with van der Waals surface area (Å²) in [4.78, 5) is 20.7. The number of nitrogens with zero attached hydrogens (tertiary/aromatic N) is 1. The van der Waals surface area contributed by atoms with Crippen LogP contribution in [-0.4, -0.2) is 10.8 Å². The Morgan fingerprint density at radius 1 is 1.44 bits per heavy atom. The van der Waals surface area contributed by atoms with Gasteiger partial charge in [0.05, 0.1) is 4.92 Å². The number of carbonyl (C=O) groups is 1. The summed E-state index contributed by atoms with van der Waals surface area (Å²) in [6.07, 6.45) is 0.768.